The second kappa shape index (κ2) is 5.21. The quantitative estimate of drug-likeness (QED) is 0.748. The number of hydrogen-bond donors (Lipinski definition) is 1. The summed E-state index contributed by atoms with van der Waals surface area (Å²) in [7, 11) is 0. The number of likely N-dealkylation sites (N-methyl/N-ethyl adjacent to an activating group) is 1. The number of piperidine rings is 1. The third-order valence-corrected chi connectivity index (χ3v) is 4.83. The molecule has 3 rings (SSSR count). The Labute approximate surface area is 114 Å². The Morgan fingerprint density at radius 1 is 1.21 bits per heavy atom. The summed E-state index contributed by atoms with van der Waals surface area (Å²) in [5.41, 5.74) is 0. The van der Waals surface area contributed by atoms with Gasteiger partial charge in [0.15, 0.2) is 0 Å². The van der Waals surface area contributed by atoms with Crippen LogP contribution in [0.15, 0.2) is 0 Å². The molecule has 3 unspecified atom stereocenters. The van der Waals surface area contributed by atoms with Crippen LogP contribution in [-0.2, 0) is 9.59 Å². The molecule has 0 aliphatic carbocycles. The summed E-state index contributed by atoms with van der Waals surface area (Å²) in [6, 6.07) is 0.686. The molecule has 19 heavy (non-hydrogen) atoms. The van der Waals surface area contributed by atoms with Crippen LogP contribution in [0.1, 0.15) is 39.0 Å². The molecule has 3 atom stereocenters. The lowest BCUT2D eigenvalue weighted by molar-refractivity contribution is -0.138. The van der Waals surface area contributed by atoms with Gasteiger partial charge in [0.05, 0.1) is 12.5 Å². The first kappa shape index (κ1) is 13.1. The van der Waals surface area contributed by atoms with Crippen LogP contribution in [0.3, 0.4) is 0 Å². The molecule has 3 fully saturated rings. The van der Waals surface area contributed by atoms with Gasteiger partial charge in [-0.2, -0.15) is 0 Å². The van der Waals surface area contributed by atoms with E-state index >= 15 is 0 Å². The highest BCUT2D eigenvalue weighted by Gasteiger charge is 2.42. The van der Waals surface area contributed by atoms with Crippen LogP contribution in [-0.4, -0.2) is 59.4 Å². The molecule has 2 amide bonds. The van der Waals surface area contributed by atoms with Gasteiger partial charge in [0.2, 0.25) is 11.8 Å². The highest BCUT2D eigenvalue weighted by Crippen LogP contribution is 2.28. The van der Waals surface area contributed by atoms with Crippen LogP contribution in [0.5, 0.6) is 0 Å². The second-order valence-electron chi connectivity index (χ2n) is 5.89. The molecule has 3 saturated heterocycles. The number of likely N-dealkylation sites (tertiary alicyclic amines) is 1. The second-order valence-corrected chi connectivity index (χ2v) is 5.89. The highest BCUT2D eigenvalue weighted by atomic mass is 16.2. The van der Waals surface area contributed by atoms with Crippen molar-refractivity contribution in [1.29, 1.82) is 0 Å². The van der Waals surface area contributed by atoms with E-state index in [0.29, 0.717) is 25.0 Å². The maximum atomic E-state index is 12.1. The number of fused-ring (bicyclic) bond motifs is 1. The van der Waals surface area contributed by atoms with Gasteiger partial charge >= 0.3 is 0 Å². The summed E-state index contributed by atoms with van der Waals surface area (Å²) >= 11 is 0. The number of rotatable bonds is 3. The fourth-order valence-electron chi connectivity index (χ4n) is 3.85. The molecule has 0 saturated carbocycles. The summed E-state index contributed by atoms with van der Waals surface area (Å²) in [6.07, 6.45) is 5.26. The van der Waals surface area contributed by atoms with Crippen molar-refractivity contribution in [2.75, 3.05) is 19.6 Å². The van der Waals surface area contributed by atoms with Crippen LogP contribution in [0.4, 0.5) is 0 Å². The fourth-order valence-corrected chi connectivity index (χ4v) is 3.85. The minimum atomic E-state index is -0.278. The summed E-state index contributed by atoms with van der Waals surface area (Å²) < 4.78 is 0. The van der Waals surface area contributed by atoms with Gasteiger partial charge in [-0.05, 0) is 32.7 Å². The van der Waals surface area contributed by atoms with Crippen LogP contribution in [0.2, 0.25) is 0 Å². The van der Waals surface area contributed by atoms with Gasteiger partial charge in [0.1, 0.15) is 0 Å². The van der Waals surface area contributed by atoms with E-state index in [-0.39, 0.29) is 17.9 Å². The molecule has 0 radical (unpaired) electrons. The molecule has 0 aromatic heterocycles. The van der Waals surface area contributed by atoms with E-state index in [9.17, 15) is 9.59 Å². The van der Waals surface area contributed by atoms with Crippen molar-refractivity contribution in [1.82, 2.24) is 15.1 Å². The average Bonchev–Trinajstić information content (AvgIpc) is 2.93. The van der Waals surface area contributed by atoms with Gasteiger partial charge in [-0.25, -0.2) is 0 Å². The first-order chi connectivity index (χ1) is 9.20. The maximum absolute atomic E-state index is 12.1. The average molecular weight is 265 g/mol. The zero-order valence-electron chi connectivity index (χ0n) is 11.6. The Kier molecular flexibility index (Phi) is 3.58. The largest absolute Gasteiger partial charge is 0.301 e. The molecule has 3 aliphatic heterocycles. The van der Waals surface area contributed by atoms with E-state index in [1.165, 1.54) is 30.7 Å². The SMILES string of the molecule is CCN1C(=O)CC(NC2CCN3CCCCC23)C1=O. The molecule has 5 nitrogen and oxygen atoms in total. The molecule has 5 heteroatoms. The lowest BCUT2D eigenvalue weighted by atomic mass is 9.98. The van der Waals surface area contributed by atoms with Crippen LogP contribution >= 0.6 is 0 Å². The van der Waals surface area contributed by atoms with Gasteiger partial charge < -0.3 is 5.32 Å². The molecular formula is C14H23N3O2. The Bertz CT molecular complexity index is 385. The molecule has 1 N–H and O–H groups in total. The zero-order valence-corrected chi connectivity index (χ0v) is 11.6. The first-order valence-electron chi connectivity index (χ1n) is 7.55. The van der Waals surface area contributed by atoms with Gasteiger partial charge in [0, 0.05) is 25.2 Å². The smallest absolute Gasteiger partial charge is 0.246 e. The summed E-state index contributed by atoms with van der Waals surface area (Å²) in [4.78, 5) is 27.8. The lowest BCUT2D eigenvalue weighted by Crippen LogP contribution is -2.50. The number of amides is 2. The monoisotopic (exact) mass is 265 g/mol. The maximum Gasteiger partial charge on any atom is 0.246 e. The third-order valence-electron chi connectivity index (χ3n) is 4.83. The normalized spacial score (nSPS) is 36.1. The van der Waals surface area contributed by atoms with Crippen molar-refractivity contribution in [3.05, 3.63) is 0 Å². The van der Waals surface area contributed by atoms with E-state index in [4.69, 9.17) is 0 Å². The minimum absolute atomic E-state index is 0.0245. The van der Waals surface area contributed by atoms with E-state index in [0.717, 1.165) is 13.0 Å². The molecule has 0 aromatic rings. The van der Waals surface area contributed by atoms with Crippen molar-refractivity contribution < 1.29 is 9.59 Å². The van der Waals surface area contributed by atoms with E-state index in [1.54, 1.807) is 0 Å². The van der Waals surface area contributed by atoms with Gasteiger partial charge in [-0.15, -0.1) is 0 Å². The number of imide groups is 1. The van der Waals surface area contributed by atoms with Crippen LogP contribution < -0.4 is 5.32 Å². The van der Waals surface area contributed by atoms with E-state index in [1.807, 2.05) is 6.92 Å². The van der Waals surface area contributed by atoms with Crippen molar-refractivity contribution >= 4 is 11.8 Å². The minimum Gasteiger partial charge on any atom is -0.301 e. The summed E-state index contributed by atoms with van der Waals surface area (Å²) in [5, 5.41) is 3.47. The molecule has 3 heterocycles. The Balaban J connectivity index is 1.63. The predicted molar refractivity (Wildman–Crippen MR) is 71.6 cm³/mol. The number of nitrogens with one attached hydrogen (secondary N) is 1. The fraction of sp³-hybridized carbons (Fsp3) is 0.857. The summed E-state index contributed by atoms with van der Waals surface area (Å²) in [6.45, 7) is 4.68. The van der Waals surface area contributed by atoms with Crippen molar-refractivity contribution in [2.24, 2.45) is 0 Å². The number of carbonyl (C=O) groups excluding carboxylic acids is 2. The van der Waals surface area contributed by atoms with Crippen molar-refractivity contribution in [3.63, 3.8) is 0 Å². The molecule has 0 aromatic carbocycles. The van der Waals surface area contributed by atoms with Crippen molar-refractivity contribution in [2.45, 2.75) is 57.2 Å². The first-order valence-corrected chi connectivity index (χ1v) is 7.55. The topological polar surface area (TPSA) is 52.7 Å². The predicted octanol–water partition coefficient (Wildman–Crippen LogP) is 0.350. The standard InChI is InChI=1S/C14H23N3O2/c1-2-17-13(18)9-11(14(17)19)15-10-6-8-16-7-4-3-5-12(10)16/h10-12,15H,2-9H2,1H3. The Hall–Kier alpha value is -0.940. The van der Waals surface area contributed by atoms with Gasteiger partial charge in [-0.1, -0.05) is 6.42 Å². The van der Waals surface area contributed by atoms with E-state index < -0.39 is 0 Å². The number of carbonyl (C=O) groups is 2. The molecule has 0 bridgehead atoms. The summed E-state index contributed by atoms with van der Waals surface area (Å²) in [5.74, 6) is -0.0507. The highest BCUT2D eigenvalue weighted by molar-refractivity contribution is 6.05. The molecule has 3 aliphatic rings. The zero-order chi connectivity index (χ0) is 13.4. The molecule has 0 spiro atoms. The Morgan fingerprint density at radius 3 is 2.79 bits per heavy atom. The lowest BCUT2D eigenvalue weighted by Gasteiger charge is -2.33. The third kappa shape index (κ3) is 2.30. The number of hydrogen-bond acceptors (Lipinski definition) is 4. The van der Waals surface area contributed by atoms with Gasteiger partial charge in [-0.3, -0.25) is 19.4 Å². The van der Waals surface area contributed by atoms with Crippen LogP contribution in [0.25, 0.3) is 0 Å². The van der Waals surface area contributed by atoms with Crippen molar-refractivity contribution in [3.8, 4) is 0 Å². The molecular weight excluding hydrogens is 242 g/mol. The Morgan fingerprint density at radius 2 is 2.05 bits per heavy atom. The van der Waals surface area contributed by atoms with Crippen LogP contribution in [0, 0.1) is 0 Å². The molecule has 106 valence electrons. The number of nitrogens with zero attached hydrogens (tertiary/aromatic N) is 2. The van der Waals surface area contributed by atoms with E-state index in [2.05, 4.69) is 10.2 Å². The van der Waals surface area contributed by atoms with Gasteiger partial charge in [0.25, 0.3) is 0 Å².